The molecule has 9 heteroatoms. The van der Waals surface area contributed by atoms with Gasteiger partial charge in [-0.1, -0.05) is 49.2 Å². The average molecular weight is 438 g/mol. The van der Waals surface area contributed by atoms with Crippen molar-refractivity contribution in [1.82, 2.24) is 10.7 Å². The van der Waals surface area contributed by atoms with Gasteiger partial charge in [-0.25, -0.2) is 5.43 Å². The molecule has 0 saturated heterocycles. The van der Waals surface area contributed by atoms with Crippen LogP contribution in [0.15, 0.2) is 41.5 Å². The van der Waals surface area contributed by atoms with E-state index >= 15 is 0 Å². The van der Waals surface area contributed by atoms with Crippen molar-refractivity contribution >= 4 is 41.2 Å². The van der Waals surface area contributed by atoms with Crippen LogP contribution in [0.4, 0.5) is 0 Å². The molecule has 0 spiro atoms. The molecule has 29 heavy (non-hydrogen) atoms. The second kappa shape index (κ2) is 10.1. The number of hydrogen-bond donors (Lipinski definition) is 3. The number of nitrogens with zero attached hydrogens (tertiary/aromatic N) is 1. The van der Waals surface area contributed by atoms with Crippen molar-refractivity contribution in [2.75, 3.05) is 7.11 Å². The molecule has 2 aromatic rings. The highest BCUT2D eigenvalue weighted by atomic mass is 35.5. The minimum absolute atomic E-state index is 0.165. The van der Waals surface area contributed by atoms with E-state index in [1.165, 1.54) is 25.5 Å². The maximum absolute atomic E-state index is 12.5. The number of hydrazone groups is 1. The lowest BCUT2D eigenvalue weighted by molar-refractivity contribution is -0.123. The maximum Gasteiger partial charge on any atom is 0.262 e. The zero-order valence-corrected chi connectivity index (χ0v) is 17.6. The highest BCUT2D eigenvalue weighted by molar-refractivity contribution is 6.33. The molecule has 0 aliphatic rings. The highest BCUT2D eigenvalue weighted by Crippen LogP contribution is 2.32. The van der Waals surface area contributed by atoms with Crippen molar-refractivity contribution in [3.05, 3.63) is 57.6 Å². The highest BCUT2D eigenvalue weighted by Gasteiger charge is 2.25. The topological polar surface area (TPSA) is 100 Å². The first-order valence-electron chi connectivity index (χ1n) is 8.69. The number of ether oxygens (including phenoxy) is 1. The van der Waals surface area contributed by atoms with Crippen molar-refractivity contribution in [3.63, 3.8) is 0 Å². The van der Waals surface area contributed by atoms with Gasteiger partial charge in [-0.2, -0.15) is 5.10 Å². The number of nitrogens with one attached hydrogen (secondary N) is 2. The number of aromatic hydroxyl groups is 1. The lowest BCUT2D eigenvalue weighted by atomic mass is 10.0. The Morgan fingerprint density at radius 2 is 1.90 bits per heavy atom. The van der Waals surface area contributed by atoms with Crippen LogP contribution in [0.3, 0.4) is 0 Å². The average Bonchev–Trinajstić information content (AvgIpc) is 2.68. The molecule has 0 heterocycles. The van der Waals surface area contributed by atoms with Crippen LogP contribution >= 0.6 is 23.2 Å². The van der Waals surface area contributed by atoms with Gasteiger partial charge in [0.2, 0.25) is 0 Å². The molecular formula is C20H21Cl2N3O4. The van der Waals surface area contributed by atoms with E-state index < -0.39 is 17.9 Å². The molecule has 7 nitrogen and oxygen atoms in total. The van der Waals surface area contributed by atoms with Crippen molar-refractivity contribution in [2.24, 2.45) is 11.0 Å². The quantitative estimate of drug-likeness (QED) is 0.454. The molecule has 0 saturated carbocycles. The fourth-order valence-electron chi connectivity index (χ4n) is 2.48. The normalized spacial score (nSPS) is 12.1. The van der Waals surface area contributed by atoms with Gasteiger partial charge in [0.25, 0.3) is 11.8 Å². The first kappa shape index (κ1) is 22.5. The van der Waals surface area contributed by atoms with Crippen LogP contribution < -0.4 is 15.5 Å². The van der Waals surface area contributed by atoms with Crippen LogP contribution in [0.25, 0.3) is 0 Å². The summed E-state index contributed by atoms with van der Waals surface area (Å²) in [5, 5.41) is 17.2. The number of amides is 2. The zero-order chi connectivity index (χ0) is 21.6. The Balaban J connectivity index is 2.11. The van der Waals surface area contributed by atoms with E-state index in [1.54, 1.807) is 38.1 Å². The second-order valence-electron chi connectivity index (χ2n) is 6.46. The minimum Gasteiger partial charge on any atom is -0.504 e. The van der Waals surface area contributed by atoms with E-state index in [9.17, 15) is 14.7 Å². The summed E-state index contributed by atoms with van der Waals surface area (Å²) in [7, 11) is 1.39. The zero-order valence-electron chi connectivity index (χ0n) is 16.1. The number of methoxy groups -OCH3 is 1. The van der Waals surface area contributed by atoms with Gasteiger partial charge in [-0.15, -0.1) is 0 Å². The van der Waals surface area contributed by atoms with Crippen molar-refractivity contribution in [3.8, 4) is 11.5 Å². The van der Waals surface area contributed by atoms with E-state index in [4.69, 9.17) is 27.9 Å². The number of rotatable bonds is 7. The van der Waals surface area contributed by atoms with Crippen LogP contribution in [0, 0.1) is 5.92 Å². The SMILES string of the molecule is COc1cc(Cl)cc(C=NNC(=O)C(NC(=O)c2ccccc2Cl)C(C)C)c1O. The van der Waals surface area contributed by atoms with Gasteiger partial charge in [-0.05, 0) is 24.1 Å². The summed E-state index contributed by atoms with van der Waals surface area (Å²) in [6.07, 6.45) is 1.23. The summed E-state index contributed by atoms with van der Waals surface area (Å²) < 4.78 is 5.02. The Labute approximate surface area is 178 Å². The Hall–Kier alpha value is -2.77. The summed E-state index contributed by atoms with van der Waals surface area (Å²) in [5.41, 5.74) is 2.89. The van der Waals surface area contributed by atoms with E-state index in [1.807, 2.05) is 0 Å². The fraction of sp³-hybridized carbons (Fsp3) is 0.250. The molecule has 0 fully saturated rings. The van der Waals surface area contributed by atoms with Gasteiger partial charge in [0.05, 0.1) is 23.9 Å². The third kappa shape index (κ3) is 5.85. The number of phenolic OH excluding ortho intramolecular Hbond substituents is 1. The van der Waals surface area contributed by atoms with Crippen LogP contribution in [0.2, 0.25) is 10.0 Å². The molecule has 1 unspecified atom stereocenters. The van der Waals surface area contributed by atoms with Gasteiger partial charge in [0.15, 0.2) is 11.5 Å². The molecule has 0 aromatic heterocycles. The molecular weight excluding hydrogens is 417 g/mol. The molecule has 154 valence electrons. The largest absolute Gasteiger partial charge is 0.504 e. The van der Waals surface area contributed by atoms with Crippen LogP contribution in [-0.2, 0) is 4.79 Å². The molecule has 0 radical (unpaired) electrons. The maximum atomic E-state index is 12.5. The molecule has 0 aliphatic carbocycles. The molecule has 2 rings (SSSR count). The first-order valence-corrected chi connectivity index (χ1v) is 9.45. The second-order valence-corrected chi connectivity index (χ2v) is 7.30. The molecule has 2 aromatic carbocycles. The molecule has 1 atom stereocenters. The van der Waals surface area contributed by atoms with Crippen molar-refractivity contribution in [1.29, 1.82) is 0 Å². The van der Waals surface area contributed by atoms with Crippen LogP contribution in [-0.4, -0.2) is 36.3 Å². The van der Waals surface area contributed by atoms with E-state index in [2.05, 4.69) is 15.8 Å². The van der Waals surface area contributed by atoms with Gasteiger partial charge < -0.3 is 15.2 Å². The van der Waals surface area contributed by atoms with E-state index in [0.717, 1.165) is 0 Å². The molecule has 0 aliphatic heterocycles. The number of carbonyl (C=O) groups excluding carboxylic acids is 2. The number of phenols is 1. The van der Waals surface area contributed by atoms with Crippen LogP contribution in [0.1, 0.15) is 29.8 Å². The Bertz CT molecular complexity index is 932. The summed E-state index contributed by atoms with van der Waals surface area (Å²) in [6.45, 7) is 3.57. The third-order valence-corrected chi connectivity index (χ3v) is 4.57. The fourth-order valence-corrected chi connectivity index (χ4v) is 2.92. The summed E-state index contributed by atoms with van der Waals surface area (Å²) in [5.74, 6) is -1.19. The van der Waals surface area contributed by atoms with Gasteiger partial charge in [-0.3, -0.25) is 9.59 Å². The smallest absolute Gasteiger partial charge is 0.262 e. The molecule has 0 bridgehead atoms. The third-order valence-electron chi connectivity index (χ3n) is 4.02. The number of hydrogen-bond acceptors (Lipinski definition) is 5. The summed E-state index contributed by atoms with van der Waals surface area (Å²) >= 11 is 12.0. The van der Waals surface area contributed by atoms with Gasteiger partial charge >= 0.3 is 0 Å². The lowest BCUT2D eigenvalue weighted by Crippen LogP contribution is -2.48. The van der Waals surface area contributed by atoms with E-state index in [-0.39, 0.29) is 33.6 Å². The molecule has 3 N–H and O–H groups in total. The predicted octanol–water partition coefficient (Wildman–Crippen LogP) is 3.61. The minimum atomic E-state index is -0.849. The number of carbonyl (C=O) groups is 2. The van der Waals surface area contributed by atoms with E-state index in [0.29, 0.717) is 5.02 Å². The van der Waals surface area contributed by atoms with Crippen LogP contribution in [0.5, 0.6) is 11.5 Å². The van der Waals surface area contributed by atoms with Gasteiger partial charge in [0.1, 0.15) is 6.04 Å². The lowest BCUT2D eigenvalue weighted by Gasteiger charge is -2.20. The predicted molar refractivity (Wildman–Crippen MR) is 113 cm³/mol. The number of halogens is 2. The molecule has 2 amide bonds. The first-order chi connectivity index (χ1) is 13.7. The Morgan fingerprint density at radius 1 is 1.21 bits per heavy atom. The Kier molecular flexibility index (Phi) is 7.87. The number of benzene rings is 2. The summed E-state index contributed by atoms with van der Waals surface area (Å²) in [6, 6.07) is 8.62. The Morgan fingerprint density at radius 3 is 2.52 bits per heavy atom. The van der Waals surface area contributed by atoms with Gasteiger partial charge in [0, 0.05) is 16.7 Å². The van der Waals surface area contributed by atoms with Crippen molar-refractivity contribution in [2.45, 2.75) is 19.9 Å². The standard InChI is InChI=1S/C20H21Cl2N3O4/c1-11(2)17(24-19(27)14-6-4-5-7-15(14)22)20(28)25-23-10-12-8-13(21)9-16(29-3)18(12)26/h4-11,17,26H,1-3H3,(H,24,27)(H,25,28). The monoisotopic (exact) mass is 437 g/mol. The van der Waals surface area contributed by atoms with Crippen molar-refractivity contribution < 1.29 is 19.4 Å². The summed E-state index contributed by atoms with van der Waals surface area (Å²) in [4.78, 5) is 25.0.